The number of sulfonamides is 1. The van der Waals surface area contributed by atoms with Gasteiger partial charge >= 0.3 is 0 Å². The Hall–Kier alpha value is -3.72. The fourth-order valence-electron chi connectivity index (χ4n) is 3.07. The summed E-state index contributed by atoms with van der Waals surface area (Å²) in [5, 5.41) is 2.85. The molecule has 0 fully saturated rings. The van der Waals surface area contributed by atoms with E-state index in [1.165, 1.54) is 24.3 Å². The van der Waals surface area contributed by atoms with Crippen LogP contribution in [0, 0.1) is 0 Å². The molecule has 174 valence electrons. The lowest BCUT2D eigenvalue weighted by molar-refractivity contribution is -0.123. The molecule has 0 saturated heterocycles. The summed E-state index contributed by atoms with van der Waals surface area (Å²) in [6.45, 7) is 1.63. The number of carbonyl (C=O) groups excluding carboxylic acids is 1. The summed E-state index contributed by atoms with van der Waals surface area (Å²) in [6.07, 6.45) is 0. The second kappa shape index (κ2) is 10.7. The molecule has 2 N–H and O–H groups in total. The van der Waals surface area contributed by atoms with Gasteiger partial charge in [0.05, 0.1) is 25.2 Å². The van der Waals surface area contributed by atoms with E-state index in [9.17, 15) is 13.2 Å². The predicted molar refractivity (Wildman–Crippen MR) is 125 cm³/mol. The number of para-hydroxylation sites is 1. The largest absolute Gasteiger partial charge is 0.493 e. The molecule has 0 aliphatic carbocycles. The average molecular weight is 471 g/mol. The van der Waals surface area contributed by atoms with E-state index in [1.54, 1.807) is 56.7 Å². The molecule has 3 aromatic rings. The van der Waals surface area contributed by atoms with Crippen LogP contribution in [0.3, 0.4) is 0 Å². The zero-order chi connectivity index (χ0) is 23.8. The van der Waals surface area contributed by atoms with Crippen molar-refractivity contribution in [3.8, 4) is 17.2 Å². The van der Waals surface area contributed by atoms with E-state index in [-0.39, 0.29) is 23.5 Å². The Bertz CT molecular complexity index is 1180. The maximum atomic E-state index is 12.5. The van der Waals surface area contributed by atoms with Crippen LogP contribution >= 0.6 is 0 Å². The Kier molecular flexibility index (Phi) is 7.78. The molecule has 0 aliphatic heterocycles. The monoisotopic (exact) mass is 470 g/mol. The third-order valence-electron chi connectivity index (χ3n) is 4.82. The second-order valence-electron chi connectivity index (χ2n) is 7.14. The Morgan fingerprint density at radius 2 is 1.58 bits per heavy atom. The van der Waals surface area contributed by atoms with Gasteiger partial charge < -0.3 is 19.5 Å². The number of rotatable bonds is 10. The van der Waals surface area contributed by atoms with Gasteiger partial charge in [-0.25, -0.2) is 8.42 Å². The van der Waals surface area contributed by atoms with Gasteiger partial charge in [-0.15, -0.1) is 0 Å². The van der Waals surface area contributed by atoms with E-state index >= 15 is 0 Å². The van der Waals surface area contributed by atoms with Crippen LogP contribution < -0.4 is 24.2 Å². The molecule has 9 heteroatoms. The molecule has 0 aliphatic rings. The van der Waals surface area contributed by atoms with Crippen molar-refractivity contribution in [3.05, 3.63) is 78.4 Å². The van der Waals surface area contributed by atoms with Crippen molar-refractivity contribution < 1.29 is 27.4 Å². The molecular weight excluding hydrogens is 444 g/mol. The van der Waals surface area contributed by atoms with Crippen LogP contribution in [0.1, 0.15) is 18.5 Å². The Morgan fingerprint density at radius 3 is 2.21 bits per heavy atom. The average Bonchev–Trinajstić information content (AvgIpc) is 2.82. The van der Waals surface area contributed by atoms with Gasteiger partial charge in [0.15, 0.2) is 18.1 Å². The van der Waals surface area contributed by atoms with Crippen molar-refractivity contribution in [2.75, 3.05) is 25.5 Å². The molecule has 3 aromatic carbocycles. The van der Waals surface area contributed by atoms with Gasteiger partial charge in [0.1, 0.15) is 5.75 Å². The highest BCUT2D eigenvalue weighted by molar-refractivity contribution is 7.92. The summed E-state index contributed by atoms with van der Waals surface area (Å²) in [7, 11) is -0.617. The maximum Gasteiger partial charge on any atom is 0.261 e. The van der Waals surface area contributed by atoms with Gasteiger partial charge in [-0.1, -0.05) is 24.3 Å². The molecule has 0 unspecified atom stereocenters. The minimum Gasteiger partial charge on any atom is -0.493 e. The first-order valence-electron chi connectivity index (χ1n) is 10.1. The summed E-state index contributed by atoms with van der Waals surface area (Å²) in [5.74, 6) is 1.24. The number of benzene rings is 3. The van der Waals surface area contributed by atoms with Crippen LogP contribution in [0.25, 0.3) is 0 Å². The first-order chi connectivity index (χ1) is 15.8. The van der Waals surface area contributed by atoms with Crippen LogP contribution in [0.4, 0.5) is 5.69 Å². The Labute approximate surface area is 193 Å². The summed E-state index contributed by atoms with van der Waals surface area (Å²) < 4.78 is 43.5. The molecule has 8 nitrogen and oxygen atoms in total. The van der Waals surface area contributed by atoms with E-state index in [1.807, 2.05) is 13.0 Å². The SMILES string of the molecule is COc1ccc([C@H](C)NC(=O)COc2ccc(S(=O)(=O)Nc3ccccc3)cc2)cc1OC. The van der Waals surface area contributed by atoms with E-state index in [2.05, 4.69) is 10.0 Å². The van der Waals surface area contributed by atoms with Gasteiger partial charge in [-0.2, -0.15) is 0 Å². The van der Waals surface area contributed by atoms with Crippen LogP contribution in [0.2, 0.25) is 0 Å². The zero-order valence-electron chi connectivity index (χ0n) is 18.6. The van der Waals surface area contributed by atoms with Crippen molar-refractivity contribution in [3.63, 3.8) is 0 Å². The van der Waals surface area contributed by atoms with Crippen LogP contribution in [0.5, 0.6) is 17.2 Å². The van der Waals surface area contributed by atoms with Crippen molar-refractivity contribution >= 4 is 21.6 Å². The van der Waals surface area contributed by atoms with Crippen LogP contribution in [-0.4, -0.2) is 35.2 Å². The number of anilines is 1. The lowest BCUT2D eigenvalue weighted by atomic mass is 10.1. The topological polar surface area (TPSA) is 103 Å². The summed E-state index contributed by atoms with van der Waals surface area (Å²) in [5.41, 5.74) is 1.32. The normalized spacial score (nSPS) is 11.8. The van der Waals surface area contributed by atoms with Crippen molar-refractivity contribution in [2.24, 2.45) is 0 Å². The lowest BCUT2D eigenvalue weighted by Gasteiger charge is -2.17. The van der Waals surface area contributed by atoms with Crippen molar-refractivity contribution in [1.29, 1.82) is 0 Å². The number of methoxy groups -OCH3 is 2. The summed E-state index contributed by atoms with van der Waals surface area (Å²) in [4.78, 5) is 12.4. The molecule has 1 atom stereocenters. The third kappa shape index (κ3) is 6.39. The molecule has 33 heavy (non-hydrogen) atoms. The van der Waals surface area contributed by atoms with Gasteiger partial charge in [-0.3, -0.25) is 9.52 Å². The quantitative estimate of drug-likeness (QED) is 0.468. The molecule has 0 spiro atoms. The second-order valence-corrected chi connectivity index (χ2v) is 8.82. The molecule has 3 rings (SSSR count). The first-order valence-corrected chi connectivity index (χ1v) is 11.6. The van der Waals surface area contributed by atoms with Crippen molar-refractivity contribution in [1.82, 2.24) is 5.32 Å². The molecule has 1 amide bonds. The number of amides is 1. The molecule has 0 aromatic heterocycles. The Balaban J connectivity index is 1.55. The predicted octanol–water partition coefficient (Wildman–Crippen LogP) is 3.76. The van der Waals surface area contributed by atoms with E-state index in [4.69, 9.17) is 14.2 Å². The summed E-state index contributed by atoms with van der Waals surface area (Å²) >= 11 is 0. The van der Waals surface area contributed by atoms with Gasteiger partial charge in [-0.05, 0) is 61.0 Å². The molecule has 0 saturated carbocycles. The Morgan fingerprint density at radius 1 is 0.909 bits per heavy atom. The number of nitrogens with one attached hydrogen (secondary N) is 2. The number of ether oxygens (including phenoxy) is 3. The fourth-order valence-corrected chi connectivity index (χ4v) is 4.13. The number of carbonyl (C=O) groups is 1. The first kappa shape index (κ1) is 23.9. The minimum atomic E-state index is -3.72. The van der Waals surface area contributed by atoms with Crippen LogP contribution in [0.15, 0.2) is 77.7 Å². The third-order valence-corrected chi connectivity index (χ3v) is 6.21. The zero-order valence-corrected chi connectivity index (χ0v) is 19.4. The maximum absolute atomic E-state index is 12.5. The highest BCUT2D eigenvalue weighted by atomic mass is 32.2. The molecule has 0 bridgehead atoms. The fraction of sp³-hybridized carbons (Fsp3) is 0.208. The molecule has 0 heterocycles. The van der Waals surface area contributed by atoms with Crippen LogP contribution in [-0.2, 0) is 14.8 Å². The number of hydrogen-bond donors (Lipinski definition) is 2. The van der Waals surface area contributed by atoms with Gasteiger partial charge in [0.2, 0.25) is 0 Å². The minimum absolute atomic E-state index is 0.0882. The summed E-state index contributed by atoms with van der Waals surface area (Å²) in [6, 6.07) is 19.6. The highest BCUT2D eigenvalue weighted by Gasteiger charge is 2.15. The lowest BCUT2D eigenvalue weighted by Crippen LogP contribution is -2.31. The number of hydrogen-bond acceptors (Lipinski definition) is 6. The van der Waals surface area contributed by atoms with Gasteiger partial charge in [0.25, 0.3) is 15.9 Å². The van der Waals surface area contributed by atoms with E-state index in [0.29, 0.717) is 22.9 Å². The highest BCUT2D eigenvalue weighted by Crippen LogP contribution is 2.29. The smallest absolute Gasteiger partial charge is 0.261 e. The van der Waals surface area contributed by atoms with Crippen molar-refractivity contribution in [2.45, 2.75) is 17.9 Å². The van der Waals surface area contributed by atoms with Gasteiger partial charge in [0, 0.05) is 5.69 Å². The van der Waals surface area contributed by atoms with E-state index in [0.717, 1.165) is 5.56 Å². The molecule has 0 radical (unpaired) electrons. The standard InChI is InChI=1S/C24H26N2O6S/c1-17(18-9-14-22(30-2)23(15-18)31-3)25-24(27)16-32-20-10-12-21(13-11-20)33(28,29)26-19-7-5-4-6-8-19/h4-15,17,26H,16H2,1-3H3,(H,25,27)/t17-/m0/s1. The van der Waals surface area contributed by atoms with E-state index < -0.39 is 10.0 Å². The molecular formula is C24H26N2O6S.